The van der Waals surface area contributed by atoms with Crippen molar-refractivity contribution < 1.29 is 18.0 Å². The maximum atomic E-state index is 12.2. The number of alkyl halides is 3. The summed E-state index contributed by atoms with van der Waals surface area (Å²) < 4.78 is 36.7. The molecule has 16 heavy (non-hydrogen) atoms. The predicted octanol–water partition coefficient (Wildman–Crippen LogP) is 1.25. The fraction of sp³-hybridized carbons (Fsp3) is 0.900. The van der Waals surface area contributed by atoms with Gasteiger partial charge in [0.05, 0.1) is 5.92 Å². The summed E-state index contributed by atoms with van der Waals surface area (Å²) in [5, 5.41) is 3.02. The molecule has 3 nitrogen and oxygen atoms in total. The molecule has 1 heterocycles. The molecule has 94 valence electrons. The van der Waals surface area contributed by atoms with E-state index in [1.807, 2.05) is 6.92 Å². The van der Waals surface area contributed by atoms with E-state index < -0.39 is 18.6 Å². The Labute approximate surface area is 93.0 Å². The topological polar surface area (TPSA) is 32.3 Å². The highest BCUT2D eigenvalue weighted by Gasteiger charge is 2.37. The molecule has 0 aliphatic carbocycles. The number of carbonyl (C=O) groups excluding carboxylic acids is 1. The Hall–Kier alpha value is -0.780. The Morgan fingerprint density at radius 2 is 2.06 bits per heavy atom. The van der Waals surface area contributed by atoms with E-state index in [0.717, 1.165) is 4.90 Å². The van der Waals surface area contributed by atoms with E-state index in [2.05, 4.69) is 5.32 Å². The van der Waals surface area contributed by atoms with Gasteiger partial charge in [0.15, 0.2) is 0 Å². The third-order valence-electron chi connectivity index (χ3n) is 2.90. The van der Waals surface area contributed by atoms with Gasteiger partial charge in [-0.05, 0) is 19.4 Å². The first-order chi connectivity index (χ1) is 7.35. The van der Waals surface area contributed by atoms with Crippen molar-refractivity contribution in [2.24, 2.45) is 11.8 Å². The highest BCUT2D eigenvalue weighted by molar-refractivity contribution is 5.79. The van der Waals surface area contributed by atoms with Crippen molar-refractivity contribution in [2.75, 3.05) is 26.2 Å². The van der Waals surface area contributed by atoms with E-state index in [0.29, 0.717) is 13.1 Å². The molecule has 0 bridgehead atoms. The van der Waals surface area contributed by atoms with Crippen molar-refractivity contribution in [3.05, 3.63) is 0 Å². The number of hydrogen-bond acceptors (Lipinski definition) is 2. The van der Waals surface area contributed by atoms with Crippen molar-refractivity contribution in [1.29, 1.82) is 0 Å². The average Bonchev–Trinajstić information content (AvgIpc) is 2.58. The van der Waals surface area contributed by atoms with Gasteiger partial charge in [-0.3, -0.25) is 4.79 Å². The van der Waals surface area contributed by atoms with Gasteiger partial charge in [0.1, 0.15) is 6.54 Å². The second-order valence-corrected chi connectivity index (χ2v) is 4.21. The van der Waals surface area contributed by atoms with Crippen LogP contribution in [0.25, 0.3) is 0 Å². The van der Waals surface area contributed by atoms with Crippen LogP contribution in [0.5, 0.6) is 0 Å². The third kappa shape index (κ3) is 3.37. The summed E-state index contributed by atoms with van der Waals surface area (Å²) in [4.78, 5) is 12.7. The second kappa shape index (κ2) is 5.03. The lowest BCUT2D eigenvalue weighted by molar-refractivity contribution is -0.163. The molecule has 1 N–H and O–H groups in total. The van der Waals surface area contributed by atoms with Crippen molar-refractivity contribution in [1.82, 2.24) is 10.2 Å². The molecule has 1 aliphatic rings. The van der Waals surface area contributed by atoms with Crippen LogP contribution in [-0.4, -0.2) is 43.2 Å². The van der Waals surface area contributed by atoms with Gasteiger partial charge in [-0.2, -0.15) is 13.2 Å². The Bertz CT molecular complexity index is 255. The van der Waals surface area contributed by atoms with E-state index in [4.69, 9.17) is 0 Å². The van der Waals surface area contributed by atoms with Gasteiger partial charge in [0.2, 0.25) is 5.91 Å². The Morgan fingerprint density at radius 1 is 1.44 bits per heavy atom. The number of carbonyl (C=O) groups is 1. The molecule has 2 atom stereocenters. The lowest BCUT2D eigenvalue weighted by atomic mass is 9.96. The minimum atomic E-state index is -4.32. The SMILES string of the molecule is CCN(CC(F)(F)F)C(=O)C1CNCC1C. The first kappa shape index (κ1) is 13.3. The van der Waals surface area contributed by atoms with Crippen LogP contribution in [0.3, 0.4) is 0 Å². The molecule has 1 fully saturated rings. The normalized spacial score (nSPS) is 25.8. The molecule has 1 rings (SSSR count). The van der Waals surface area contributed by atoms with Crippen LogP contribution >= 0.6 is 0 Å². The number of nitrogens with one attached hydrogen (secondary N) is 1. The van der Waals surface area contributed by atoms with Crippen LogP contribution in [0.15, 0.2) is 0 Å². The number of hydrogen-bond donors (Lipinski definition) is 1. The molecular weight excluding hydrogens is 221 g/mol. The molecule has 1 aliphatic heterocycles. The number of nitrogens with zero attached hydrogens (tertiary/aromatic N) is 1. The molecule has 0 saturated carbocycles. The molecule has 1 amide bonds. The summed E-state index contributed by atoms with van der Waals surface area (Å²) in [6.45, 7) is 3.57. The van der Waals surface area contributed by atoms with E-state index in [9.17, 15) is 18.0 Å². The molecule has 2 unspecified atom stereocenters. The first-order valence-corrected chi connectivity index (χ1v) is 5.41. The fourth-order valence-electron chi connectivity index (χ4n) is 1.94. The summed E-state index contributed by atoms with van der Waals surface area (Å²) in [7, 11) is 0. The van der Waals surface area contributed by atoms with Crippen LogP contribution in [0, 0.1) is 11.8 Å². The maximum Gasteiger partial charge on any atom is 0.406 e. The Morgan fingerprint density at radius 3 is 2.44 bits per heavy atom. The van der Waals surface area contributed by atoms with Gasteiger partial charge in [0.25, 0.3) is 0 Å². The zero-order chi connectivity index (χ0) is 12.3. The fourth-order valence-corrected chi connectivity index (χ4v) is 1.94. The highest BCUT2D eigenvalue weighted by atomic mass is 19.4. The van der Waals surface area contributed by atoms with Gasteiger partial charge in [-0.25, -0.2) is 0 Å². The highest BCUT2D eigenvalue weighted by Crippen LogP contribution is 2.22. The average molecular weight is 238 g/mol. The standard InChI is InChI=1S/C10H17F3N2O/c1-3-15(6-10(11,12)13)9(16)8-5-14-4-7(8)2/h7-8,14H,3-6H2,1-2H3. The Balaban J connectivity index is 2.62. The molecule has 0 aromatic rings. The number of amides is 1. The van der Waals surface area contributed by atoms with E-state index in [-0.39, 0.29) is 18.4 Å². The van der Waals surface area contributed by atoms with Crippen LogP contribution in [0.1, 0.15) is 13.8 Å². The van der Waals surface area contributed by atoms with E-state index >= 15 is 0 Å². The summed E-state index contributed by atoms with van der Waals surface area (Å²) >= 11 is 0. The summed E-state index contributed by atoms with van der Waals surface area (Å²) in [6.07, 6.45) is -4.32. The van der Waals surface area contributed by atoms with Gasteiger partial charge in [-0.1, -0.05) is 6.92 Å². The summed E-state index contributed by atoms with van der Waals surface area (Å²) in [6, 6.07) is 0. The van der Waals surface area contributed by atoms with E-state index in [1.54, 1.807) is 6.92 Å². The smallest absolute Gasteiger partial charge is 0.334 e. The van der Waals surface area contributed by atoms with Gasteiger partial charge >= 0.3 is 6.18 Å². The number of rotatable bonds is 3. The van der Waals surface area contributed by atoms with Crippen LogP contribution in [0.4, 0.5) is 13.2 Å². The van der Waals surface area contributed by atoms with Gasteiger partial charge in [0, 0.05) is 13.1 Å². The van der Waals surface area contributed by atoms with Crippen molar-refractivity contribution in [2.45, 2.75) is 20.0 Å². The van der Waals surface area contributed by atoms with Gasteiger partial charge < -0.3 is 10.2 Å². The minimum Gasteiger partial charge on any atom is -0.334 e. The number of halogens is 3. The zero-order valence-electron chi connectivity index (χ0n) is 9.47. The third-order valence-corrected chi connectivity index (χ3v) is 2.90. The quantitative estimate of drug-likeness (QED) is 0.802. The minimum absolute atomic E-state index is 0.0988. The maximum absolute atomic E-state index is 12.2. The monoisotopic (exact) mass is 238 g/mol. The van der Waals surface area contributed by atoms with E-state index in [1.165, 1.54) is 0 Å². The van der Waals surface area contributed by atoms with Crippen molar-refractivity contribution >= 4 is 5.91 Å². The molecule has 0 spiro atoms. The Kier molecular flexibility index (Phi) is 4.18. The molecule has 0 radical (unpaired) electrons. The zero-order valence-corrected chi connectivity index (χ0v) is 9.47. The molecule has 0 aromatic heterocycles. The summed E-state index contributed by atoms with van der Waals surface area (Å²) in [5.41, 5.74) is 0. The van der Waals surface area contributed by atoms with Crippen LogP contribution in [-0.2, 0) is 4.79 Å². The summed E-state index contributed by atoms with van der Waals surface area (Å²) in [5.74, 6) is -0.602. The second-order valence-electron chi connectivity index (χ2n) is 4.21. The van der Waals surface area contributed by atoms with Crippen molar-refractivity contribution in [3.63, 3.8) is 0 Å². The largest absolute Gasteiger partial charge is 0.406 e. The molecule has 0 aromatic carbocycles. The predicted molar refractivity (Wildman–Crippen MR) is 53.8 cm³/mol. The molecular formula is C10H17F3N2O. The lowest BCUT2D eigenvalue weighted by Gasteiger charge is -2.26. The molecule has 6 heteroatoms. The van der Waals surface area contributed by atoms with Crippen LogP contribution < -0.4 is 5.32 Å². The molecule has 1 saturated heterocycles. The lowest BCUT2D eigenvalue weighted by Crippen LogP contribution is -2.43. The van der Waals surface area contributed by atoms with Crippen molar-refractivity contribution in [3.8, 4) is 0 Å². The van der Waals surface area contributed by atoms with Gasteiger partial charge in [-0.15, -0.1) is 0 Å². The first-order valence-electron chi connectivity index (χ1n) is 5.41. The van der Waals surface area contributed by atoms with Crippen LogP contribution in [0.2, 0.25) is 0 Å².